The van der Waals surface area contributed by atoms with E-state index in [-0.39, 0.29) is 11.2 Å². The zero-order valence-electron chi connectivity index (χ0n) is 10.8. The van der Waals surface area contributed by atoms with Gasteiger partial charge in [-0.3, -0.25) is 0 Å². The molecule has 17 heavy (non-hydrogen) atoms. The second-order valence-electron chi connectivity index (χ2n) is 5.06. The van der Waals surface area contributed by atoms with Gasteiger partial charge in [0, 0.05) is 12.0 Å². The van der Waals surface area contributed by atoms with Crippen molar-refractivity contribution in [2.45, 2.75) is 38.5 Å². The first-order chi connectivity index (χ1) is 8.05. The fourth-order valence-corrected chi connectivity index (χ4v) is 2.77. The smallest absolute Gasteiger partial charge is 0.161 e. The van der Waals surface area contributed by atoms with Gasteiger partial charge in [0.05, 0.1) is 7.11 Å². The maximum absolute atomic E-state index is 9.98. The summed E-state index contributed by atoms with van der Waals surface area (Å²) in [6, 6.07) is 1.96. The molecule has 0 unspecified atom stereocenters. The van der Waals surface area contributed by atoms with Gasteiger partial charge in [0.25, 0.3) is 0 Å². The molecule has 3 N–H and O–H groups in total. The van der Waals surface area contributed by atoms with Gasteiger partial charge in [-0.2, -0.15) is 0 Å². The van der Waals surface area contributed by atoms with Gasteiger partial charge in [-0.15, -0.1) is 0 Å². The highest BCUT2D eigenvalue weighted by molar-refractivity contribution is 5.55. The fraction of sp³-hybridized carbons (Fsp3) is 0.571. The molecule has 3 nitrogen and oxygen atoms in total. The van der Waals surface area contributed by atoms with Crippen molar-refractivity contribution in [2.24, 2.45) is 5.73 Å². The SMILES string of the molecule is COc1cc(C2(CN)CCC2)c(C)c(C)c1O. The van der Waals surface area contributed by atoms with Gasteiger partial charge in [0.1, 0.15) is 0 Å². The highest BCUT2D eigenvalue weighted by atomic mass is 16.5. The minimum absolute atomic E-state index is 0.107. The van der Waals surface area contributed by atoms with Crippen molar-refractivity contribution in [3.63, 3.8) is 0 Å². The van der Waals surface area contributed by atoms with Crippen LogP contribution in [0.1, 0.15) is 36.0 Å². The molecule has 1 aliphatic rings. The quantitative estimate of drug-likeness (QED) is 0.845. The summed E-state index contributed by atoms with van der Waals surface area (Å²) in [5, 5.41) is 9.98. The van der Waals surface area contributed by atoms with Crippen molar-refractivity contribution in [3.05, 3.63) is 22.8 Å². The van der Waals surface area contributed by atoms with Crippen LogP contribution in [-0.2, 0) is 5.41 Å². The predicted molar refractivity (Wildman–Crippen MR) is 68.7 cm³/mol. The number of rotatable bonds is 3. The average Bonchev–Trinajstić information content (AvgIpc) is 2.28. The van der Waals surface area contributed by atoms with E-state index in [9.17, 15) is 5.11 Å². The van der Waals surface area contributed by atoms with Gasteiger partial charge >= 0.3 is 0 Å². The van der Waals surface area contributed by atoms with E-state index in [2.05, 4.69) is 6.92 Å². The zero-order valence-corrected chi connectivity index (χ0v) is 10.8. The lowest BCUT2D eigenvalue weighted by atomic mass is 9.63. The minimum Gasteiger partial charge on any atom is -0.504 e. The van der Waals surface area contributed by atoms with Gasteiger partial charge in [0.15, 0.2) is 11.5 Å². The topological polar surface area (TPSA) is 55.5 Å². The molecule has 1 aliphatic carbocycles. The Hall–Kier alpha value is -1.22. The van der Waals surface area contributed by atoms with Crippen LogP contribution in [0.4, 0.5) is 0 Å². The van der Waals surface area contributed by atoms with E-state index in [0.717, 1.165) is 24.0 Å². The summed E-state index contributed by atoms with van der Waals surface area (Å²) in [5.41, 5.74) is 9.35. The first kappa shape index (κ1) is 12.2. The number of phenols is 1. The zero-order chi connectivity index (χ0) is 12.6. The lowest BCUT2D eigenvalue weighted by molar-refractivity contribution is 0.250. The molecule has 0 amide bonds. The van der Waals surface area contributed by atoms with E-state index in [1.165, 1.54) is 12.0 Å². The number of methoxy groups -OCH3 is 1. The monoisotopic (exact) mass is 235 g/mol. The molecule has 0 saturated heterocycles. The van der Waals surface area contributed by atoms with Crippen LogP contribution in [0, 0.1) is 13.8 Å². The molecule has 2 rings (SSSR count). The average molecular weight is 235 g/mol. The number of aromatic hydroxyl groups is 1. The van der Waals surface area contributed by atoms with Crippen LogP contribution >= 0.6 is 0 Å². The Morgan fingerprint density at radius 2 is 2.00 bits per heavy atom. The van der Waals surface area contributed by atoms with Crippen molar-refractivity contribution in [1.82, 2.24) is 0 Å². The van der Waals surface area contributed by atoms with E-state index < -0.39 is 0 Å². The number of hydrogen-bond acceptors (Lipinski definition) is 3. The number of benzene rings is 1. The molecule has 1 saturated carbocycles. The van der Waals surface area contributed by atoms with E-state index >= 15 is 0 Å². The van der Waals surface area contributed by atoms with Crippen molar-refractivity contribution < 1.29 is 9.84 Å². The predicted octanol–water partition coefficient (Wildman–Crippen LogP) is 2.40. The molecule has 0 heterocycles. The summed E-state index contributed by atoms with van der Waals surface area (Å²) in [6.07, 6.45) is 3.51. The highest BCUT2D eigenvalue weighted by Gasteiger charge is 2.39. The normalized spacial score (nSPS) is 17.6. The maximum Gasteiger partial charge on any atom is 0.161 e. The third-order valence-electron chi connectivity index (χ3n) is 4.32. The first-order valence-corrected chi connectivity index (χ1v) is 6.13. The molecule has 1 fully saturated rings. The minimum atomic E-state index is 0.107. The third kappa shape index (κ3) is 1.69. The largest absolute Gasteiger partial charge is 0.504 e. The van der Waals surface area contributed by atoms with Crippen molar-refractivity contribution in [2.75, 3.05) is 13.7 Å². The Morgan fingerprint density at radius 1 is 1.35 bits per heavy atom. The molecule has 0 bridgehead atoms. The number of nitrogens with two attached hydrogens (primary N) is 1. The molecular weight excluding hydrogens is 214 g/mol. The maximum atomic E-state index is 9.98. The van der Waals surface area contributed by atoms with E-state index in [0.29, 0.717) is 12.3 Å². The van der Waals surface area contributed by atoms with Crippen molar-refractivity contribution in [1.29, 1.82) is 0 Å². The van der Waals surface area contributed by atoms with E-state index in [1.807, 2.05) is 13.0 Å². The second kappa shape index (κ2) is 4.22. The summed E-state index contributed by atoms with van der Waals surface area (Å²) >= 11 is 0. The van der Waals surface area contributed by atoms with Crippen molar-refractivity contribution >= 4 is 0 Å². The van der Waals surface area contributed by atoms with Gasteiger partial charge in [-0.25, -0.2) is 0 Å². The molecule has 3 heteroatoms. The van der Waals surface area contributed by atoms with Crippen LogP contribution in [0.3, 0.4) is 0 Å². The standard InChI is InChI=1S/C14H21NO2/c1-9-10(2)13(16)12(17-3)7-11(9)14(8-15)5-4-6-14/h7,16H,4-6,8,15H2,1-3H3. The van der Waals surface area contributed by atoms with Crippen LogP contribution in [0.2, 0.25) is 0 Å². The Labute approximate surface area is 103 Å². The molecule has 0 spiro atoms. The first-order valence-electron chi connectivity index (χ1n) is 6.13. The van der Waals surface area contributed by atoms with E-state index in [4.69, 9.17) is 10.5 Å². The van der Waals surface area contributed by atoms with Crippen LogP contribution in [0.15, 0.2) is 6.07 Å². The summed E-state index contributed by atoms with van der Waals surface area (Å²) in [5.74, 6) is 0.808. The molecule has 0 atom stereocenters. The number of ether oxygens (including phenoxy) is 1. The molecule has 0 radical (unpaired) electrons. The van der Waals surface area contributed by atoms with Gasteiger partial charge < -0.3 is 15.6 Å². The summed E-state index contributed by atoms with van der Waals surface area (Å²) in [7, 11) is 1.59. The molecule has 0 aliphatic heterocycles. The molecule has 94 valence electrons. The van der Waals surface area contributed by atoms with Crippen LogP contribution in [0.5, 0.6) is 11.5 Å². The fourth-order valence-electron chi connectivity index (χ4n) is 2.77. The molecular formula is C14H21NO2. The Kier molecular flexibility index (Phi) is 3.04. The summed E-state index contributed by atoms with van der Waals surface area (Å²) < 4.78 is 5.24. The summed E-state index contributed by atoms with van der Waals surface area (Å²) in [4.78, 5) is 0. The van der Waals surface area contributed by atoms with Crippen LogP contribution < -0.4 is 10.5 Å². The van der Waals surface area contributed by atoms with Gasteiger partial charge in [-0.1, -0.05) is 6.42 Å². The lowest BCUT2D eigenvalue weighted by Crippen LogP contribution is -2.42. The Bertz CT molecular complexity index is 431. The Morgan fingerprint density at radius 3 is 2.41 bits per heavy atom. The summed E-state index contributed by atoms with van der Waals surface area (Å²) in [6.45, 7) is 4.65. The Balaban J connectivity index is 2.58. The van der Waals surface area contributed by atoms with Gasteiger partial charge in [-0.05, 0) is 49.4 Å². The van der Waals surface area contributed by atoms with Crippen molar-refractivity contribution in [3.8, 4) is 11.5 Å². The number of phenolic OH excluding ortho intramolecular Hbond substituents is 1. The number of hydrogen-bond donors (Lipinski definition) is 2. The second-order valence-corrected chi connectivity index (χ2v) is 5.06. The van der Waals surface area contributed by atoms with Gasteiger partial charge in [0.2, 0.25) is 0 Å². The molecule has 1 aromatic rings. The lowest BCUT2D eigenvalue weighted by Gasteiger charge is -2.43. The molecule has 1 aromatic carbocycles. The highest BCUT2D eigenvalue weighted by Crippen LogP contribution is 2.47. The van der Waals surface area contributed by atoms with Crippen LogP contribution in [0.25, 0.3) is 0 Å². The third-order valence-corrected chi connectivity index (χ3v) is 4.32. The van der Waals surface area contributed by atoms with E-state index in [1.54, 1.807) is 7.11 Å². The molecule has 0 aromatic heterocycles. The van der Waals surface area contributed by atoms with Crippen LogP contribution in [-0.4, -0.2) is 18.8 Å².